The number of ether oxygens (including phenoxy) is 1. The number of benzene rings is 1. The Morgan fingerprint density at radius 3 is 2.57 bits per heavy atom. The molecule has 3 rings (SSSR count). The summed E-state index contributed by atoms with van der Waals surface area (Å²) in [7, 11) is 1.46. The van der Waals surface area contributed by atoms with Gasteiger partial charge in [-0.1, -0.05) is 6.07 Å². The SMILES string of the molecule is COC(=O)c1ccc(CSC)cc1N1CCC2(CC1)CC2. The van der Waals surface area contributed by atoms with E-state index < -0.39 is 0 Å². The topological polar surface area (TPSA) is 29.5 Å². The summed E-state index contributed by atoms with van der Waals surface area (Å²) in [4.78, 5) is 14.4. The summed E-state index contributed by atoms with van der Waals surface area (Å²) < 4.78 is 4.95. The van der Waals surface area contributed by atoms with Crippen LogP contribution in [0.1, 0.15) is 41.6 Å². The zero-order chi connectivity index (χ0) is 14.9. The molecular formula is C17H23NO2S. The lowest BCUT2D eigenvalue weighted by Crippen LogP contribution is -2.35. The van der Waals surface area contributed by atoms with Crippen LogP contribution in [0.4, 0.5) is 5.69 Å². The number of piperidine rings is 1. The first-order valence-electron chi connectivity index (χ1n) is 7.63. The first-order chi connectivity index (χ1) is 10.2. The molecule has 2 aliphatic rings. The Kier molecular flexibility index (Phi) is 4.16. The van der Waals surface area contributed by atoms with Crippen molar-refractivity contribution in [2.75, 3.05) is 31.4 Å². The molecule has 1 aromatic rings. The van der Waals surface area contributed by atoms with Crippen LogP contribution in [-0.4, -0.2) is 32.4 Å². The fraction of sp³-hybridized carbons (Fsp3) is 0.588. The average molecular weight is 305 g/mol. The predicted octanol–water partition coefficient (Wildman–Crippen LogP) is 3.72. The molecule has 0 unspecified atom stereocenters. The lowest BCUT2D eigenvalue weighted by molar-refractivity contribution is 0.0601. The van der Waals surface area contributed by atoms with Crippen molar-refractivity contribution in [1.29, 1.82) is 0 Å². The first kappa shape index (κ1) is 14.8. The van der Waals surface area contributed by atoms with E-state index in [9.17, 15) is 4.79 Å². The summed E-state index contributed by atoms with van der Waals surface area (Å²) in [5.74, 6) is 0.749. The van der Waals surface area contributed by atoms with E-state index in [0.717, 1.165) is 24.5 Å². The van der Waals surface area contributed by atoms with E-state index in [1.165, 1.54) is 38.4 Å². The van der Waals surface area contributed by atoms with Gasteiger partial charge in [-0.15, -0.1) is 0 Å². The van der Waals surface area contributed by atoms with Gasteiger partial charge in [-0.05, 0) is 55.1 Å². The van der Waals surface area contributed by atoms with Crippen LogP contribution in [0.15, 0.2) is 18.2 Å². The molecule has 0 bridgehead atoms. The number of nitrogens with zero attached hydrogens (tertiary/aromatic N) is 1. The second kappa shape index (κ2) is 5.91. The van der Waals surface area contributed by atoms with E-state index in [1.807, 2.05) is 12.1 Å². The van der Waals surface area contributed by atoms with E-state index in [2.05, 4.69) is 17.2 Å². The fourth-order valence-electron chi connectivity index (χ4n) is 3.28. The van der Waals surface area contributed by atoms with Crippen LogP contribution in [0.3, 0.4) is 0 Å². The van der Waals surface area contributed by atoms with E-state index in [-0.39, 0.29) is 5.97 Å². The van der Waals surface area contributed by atoms with Crippen molar-refractivity contribution in [1.82, 2.24) is 0 Å². The molecule has 0 atom stereocenters. The summed E-state index contributed by atoms with van der Waals surface area (Å²) in [6.45, 7) is 2.12. The maximum atomic E-state index is 12.0. The molecule has 1 saturated carbocycles. The number of hydrogen-bond donors (Lipinski definition) is 0. The molecule has 0 N–H and O–H groups in total. The lowest BCUT2D eigenvalue weighted by atomic mass is 9.93. The van der Waals surface area contributed by atoms with Gasteiger partial charge in [0, 0.05) is 18.8 Å². The third-order valence-electron chi connectivity index (χ3n) is 4.90. The molecule has 21 heavy (non-hydrogen) atoms. The highest BCUT2D eigenvalue weighted by Crippen LogP contribution is 2.54. The number of thioether (sulfide) groups is 1. The van der Waals surface area contributed by atoms with E-state index in [4.69, 9.17) is 4.74 Å². The second-order valence-electron chi connectivity index (χ2n) is 6.26. The first-order valence-corrected chi connectivity index (χ1v) is 9.02. The van der Waals surface area contributed by atoms with Crippen molar-refractivity contribution < 1.29 is 9.53 Å². The minimum Gasteiger partial charge on any atom is -0.465 e. The number of anilines is 1. The molecule has 1 aromatic carbocycles. The molecule has 3 nitrogen and oxygen atoms in total. The number of carbonyl (C=O) groups excluding carboxylic acids is 1. The van der Waals surface area contributed by atoms with E-state index in [1.54, 1.807) is 11.8 Å². The zero-order valence-corrected chi connectivity index (χ0v) is 13.7. The quantitative estimate of drug-likeness (QED) is 0.793. The van der Waals surface area contributed by atoms with Gasteiger partial charge in [0.25, 0.3) is 0 Å². The lowest BCUT2D eigenvalue weighted by Gasteiger charge is -2.35. The van der Waals surface area contributed by atoms with Gasteiger partial charge in [-0.3, -0.25) is 0 Å². The third kappa shape index (κ3) is 3.05. The van der Waals surface area contributed by atoms with Gasteiger partial charge in [0.1, 0.15) is 0 Å². The monoisotopic (exact) mass is 305 g/mol. The van der Waals surface area contributed by atoms with Crippen molar-refractivity contribution >= 4 is 23.4 Å². The van der Waals surface area contributed by atoms with Gasteiger partial charge in [0.15, 0.2) is 0 Å². The van der Waals surface area contributed by atoms with Gasteiger partial charge in [-0.2, -0.15) is 11.8 Å². The minimum absolute atomic E-state index is 0.229. The molecule has 0 amide bonds. The van der Waals surface area contributed by atoms with Gasteiger partial charge < -0.3 is 9.64 Å². The van der Waals surface area contributed by atoms with Crippen LogP contribution < -0.4 is 4.90 Å². The van der Waals surface area contributed by atoms with Crippen LogP contribution in [0.2, 0.25) is 0 Å². The Labute approximate surface area is 131 Å². The highest BCUT2D eigenvalue weighted by atomic mass is 32.2. The van der Waals surface area contributed by atoms with Crippen molar-refractivity contribution in [3.63, 3.8) is 0 Å². The largest absolute Gasteiger partial charge is 0.465 e. The molecule has 1 aliphatic heterocycles. The molecule has 4 heteroatoms. The molecule has 1 aliphatic carbocycles. The molecule has 0 aromatic heterocycles. The number of rotatable bonds is 4. The van der Waals surface area contributed by atoms with Gasteiger partial charge >= 0.3 is 5.97 Å². The smallest absolute Gasteiger partial charge is 0.339 e. The average Bonchev–Trinajstić information content (AvgIpc) is 3.27. The summed E-state index contributed by atoms with van der Waals surface area (Å²) >= 11 is 1.81. The maximum Gasteiger partial charge on any atom is 0.339 e. The van der Waals surface area contributed by atoms with E-state index >= 15 is 0 Å². The van der Waals surface area contributed by atoms with Crippen molar-refractivity contribution in [3.05, 3.63) is 29.3 Å². The van der Waals surface area contributed by atoms with Gasteiger partial charge in [-0.25, -0.2) is 4.79 Å². The highest BCUT2D eigenvalue weighted by Gasteiger charge is 2.44. The van der Waals surface area contributed by atoms with Crippen molar-refractivity contribution in [3.8, 4) is 0 Å². The Morgan fingerprint density at radius 1 is 1.29 bits per heavy atom. The summed E-state index contributed by atoms with van der Waals surface area (Å²) in [6.07, 6.45) is 7.43. The highest BCUT2D eigenvalue weighted by molar-refractivity contribution is 7.97. The summed E-state index contributed by atoms with van der Waals surface area (Å²) in [6, 6.07) is 6.14. The number of carbonyl (C=O) groups is 1. The maximum absolute atomic E-state index is 12.0. The van der Waals surface area contributed by atoms with Gasteiger partial charge in [0.05, 0.1) is 18.4 Å². The van der Waals surface area contributed by atoms with Crippen LogP contribution >= 0.6 is 11.8 Å². The normalized spacial score (nSPS) is 19.6. The Bertz CT molecular complexity index is 530. The van der Waals surface area contributed by atoms with Crippen molar-refractivity contribution in [2.24, 2.45) is 5.41 Å². The van der Waals surface area contributed by atoms with E-state index in [0.29, 0.717) is 11.0 Å². The second-order valence-corrected chi connectivity index (χ2v) is 7.13. The molecule has 1 heterocycles. The molecule has 0 radical (unpaired) electrons. The third-order valence-corrected chi connectivity index (χ3v) is 5.52. The molecular weight excluding hydrogens is 282 g/mol. The number of methoxy groups -OCH3 is 1. The van der Waals surface area contributed by atoms with Crippen LogP contribution in [0.25, 0.3) is 0 Å². The Morgan fingerprint density at radius 2 is 2.00 bits per heavy atom. The number of esters is 1. The Balaban J connectivity index is 1.86. The summed E-state index contributed by atoms with van der Waals surface area (Å²) in [5.41, 5.74) is 3.69. The van der Waals surface area contributed by atoms with Crippen molar-refractivity contribution in [2.45, 2.75) is 31.4 Å². The molecule has 1 spiro atoms. The van der Waals surface area contributed by atoms with Crippen LogP contribution in [-0.2, 0) is 10.5 Å². The minimum atomic E-state index is -0.229. The molecule has 114 valence electrons. The molecule has 2 fully saturated rings. The fourth-order valence-corrected chi connectivity index (χ4v) is 3.79. The Hall–Kier alpha value is -1.16. The standard InChI is InChI=1S/C17H23NO2S/c1-20-16(19)14-4-3-13(12-21-2)11-15(14)18-9-7-17(5-6-17)8-10-18/h3-4,11H,5-10,12H2,1-2H3. The number of hydrogen-bond acceptors (Lipinski definition) is 4. The van der Waals surface area contributed by atoms with Crippen LogP contribution in [0.5, 0.6) is 0 Å². The zero-order valence-electron chi connectivity index (χ0n) is 12.9. The van der Waals surface area contributed by atoms with Crippen LogP contribution in [0, 0.1) is 5.41 Å². The predicted molar refractivity (Wildman–Crippen MR) is 88.1 cm³/mol. The summed E-state index contributed by atoms with van der Waals surface area (Å²) in [5, 5.41) is 0. The molecule has 1 saturated heterocycles. The van der Waals surface area contributed by atoms with Gasteiger partial charge in [0.2, 0.25) is 0 Å².